The van der Waals surface area contributed by atoms with Crippen LogP contribution in [-0.4, -0.2) is 33.6 Å². The average molecular weight is 423 g/mol. The number of pyridine rings is 1. The second-order valence-corrected chi connectivity index (χ2v) is 9.70. The molecule has 164 valence electrons. The van der Waals surface area contributed by atoms with E-state index in [4.69, 9.17) is 0 Å². The van der Waals surface area contributed by atoms with Crippen LogP contribution >= 0.6 is 0 Å². The number of anilines is 1. The molecule has 0 saturated heterocycles. The van der Waals surface area contributed by atoms with Crippen molar-refractivity contribution in [1.29, 1.82) is 0 Å². The number of amides is 2. The van der Waals surface area contributed by atoms with E-state index >= 15 is 0 Å². The minimum Gasteiger partial charge on any atom is -0.354 e. The maximum absolute atomic E-state index is 13.1. The van der Waals surface area contributed by atoms with E-state index in [0.29, 0.717) is 41.3 Å². The minimum absolute atomic E-state index is 0.0682. The van der Waals surface area contributed by atoms with E-state index in [9.17, 15) is 14.4 Å². The van der Waals surface area contributed by atoms with Gasteiger partial charge in [-0.3, -0.25) is 19.4 Å². The summed E-state index contributed by atoms with van der Waals surface area (Å²) in [6, 6.07) is 2.86. The van der Waals surface area contributed by atoms with E-state index in [0.717, 1.165) is 18.5 Å². The zero-order chi connectivity index (χ0) is 22.2. The van der Waals surface area contributed by atoms with E-state index in [1.54, 1.807) is 31.5 Å². The third-order valence-corrected chi connectivity index (χ3v) is 6.24. The molecule has 2 aromatic heterocycles. The van der Waals surface area contributed by atoms with Gasteiger partial charge in [0.2, 0.25) is 5.91 Å². The summed E-state index contributed by atoms with van der Waals surface area (Å²) in [5.41, 5.74) is 2.96. The highest BCUT2D eigenvalue weighted by Crippen LogP contribution is 2.37. The molecular formula is C24H30N4O3. The summed E-state index contributed by atoms with van der Waals surface area (Å²) < 4.78 is 0. The van der Waals surface area contributed by atoms with Crippen LogP contribution in [0, 0.1) is 18.3 Å². The average Bonchev–Trinajstić information content (AvgIpc) is 3.47. The van der Waals surface area contributed by atoms with E-state index in [-0.39, 0.29) is 23.0 Å². The molecular weight excluding hydrogens is 392 g/mol. The van der Waals surface area contributed by atoms with Crippen LogP contribution in [0.3, 0.4) is 0 Å². The summed E-state index contributed by atoms with van der Waals surface area (Å²) in [4.78, 5) is 45.9. The lowest BCUT2D eigenvalue weighted by Crippen LogP contribution is -2.44. The number of rotatable bonds is 7. The Hall–Kier alpha value is -2.96. The molecule has 2 heterocycles. The number of ketones is 1. The van der Waals surface area contributed by atoms with Crippen LogP contribution < -0.4 is 10.6 Å². The van der Waals surface area contributed by atoms with Crippen LogP contribution in [0.2, 0.25) is 0 Å². The Morgan fingerprint density at radius 3 is 2.74 bits per heavy atom. The van der Waals surface area contributed by atoms with Gasteiger partial charge in [-0.1, -0.05) is 26.7 Å². The van der Waals surface area contributed by atoms with E-state index in [1.807, 2.05) is 0 Å². The quantitative estimate of drug-likeness (QED) is 0.631. The second-order valence-electron chi connectivity index (χ2n) is 9.70. The maximum Gasteiger partial charge on any atom is 0.268 e. The zero-order valence-electron chi connectivity index (χ0n) is 18.4. The molecule has 1 saturated carbocycles. The predicted octanol–water partition coefficient (Wildman–Crippen LogP) is 3.80. The van der Waals surface area contributed by atoms with Crippen LogP contribution in [0.4, 0.5) is 5.69 Å². The number of nitrogens with one attached hydrogen (secondary N) is 3. The van der Waals surface area contributed by atoms with Gasteiger partial charge in [-0.15, -0.1) is 0 Å². The number of hydrogen-bond donors (Lipinski definition) is 3. The van der Waals surface area contributed by atoms with Gasteiger partial charge in [0.25, 0.3) is 5.91 Å². The molecule has 1 atom stereocenters. The fourth-order valence-electron chi connectivity index (χ4n) is 4.43. The Morgan fingerprint density at radius 1 is 1.29 bits per heavy atom. The minimum atomic E-state index is -0.653. The van der Waals surface area contributed by atoms with Gasteiger partial charge >= 0.3 is 0 Å². The monoisotopic (exact) mass is 422 g/mol. The molecule has 7 nitrogen and oxygen atoms in total. The van der Waals surface area contributed by atoms with Gasteiger partial charge < -0.3 is 15.6 Å². The molecule has 3 N–H and O–H groups in total. The number of H-pyrrole nitrogens is 1. The molecule has 1 unspecified atom stereocenters. The second kappa shape index (κ2) is 8.29. The van der Waals surface area contributed by atoms with Crippen LogP contribution in [0.5, 0.6) is 0 Å². The van der Waals surface area contributed by atoms with E-state index in [2.05, 4.69) is 34.4 Å². The van der Waals surface area contributed by atoms with Gasteiger partial charge in [0.15, 0.2) is 5.78 Å². The van der Waals surface area contributed by atoms with Crippen molar-refractivity contribution in [3.8, 4) is 0 Å². The highest BCUT2D eigenvalue weighted by Gasteiger charge is 2.36. The fraction of sp³-hybridized carbons (Fsp3) is 0.500. The number of carbonyl (C=O) groups is 3. The van der Waals surface area contributed by atoms with E-state index in [1.165, 1.54) is 12.8 Å². The summed E-state index contributed by atoms with van der Waals surface area (Å²) in [5.74, 6) is 0.108. The molecule has 2 amide bonds. The molecule has 2 aliphatic rings. The Kier molecular flexibility index (Phi) is 5.69. The SMILES string of the molecule is Cc1c(C(=O)NC(CCC2CC2)C(=O)Nc2cccnc2)[nH]c2c1C(=O)CC(C)(C)C2. The van der Waals surface area contributed by atoms with Gasteiger partial charge in [0.1, 0.15) is 11.7 Å². The van der Waals surface area contributed by atoms with Gasteiger partial charge in [-0.05, 0) is 55.2 Å². The fourth-order valence-corrected chi connectivity index (χ4v) is 4.43. The van der Waals surface area contributed by atoms with Crippen molar-refractivity contribution >= 4 is 23.3 Å². The lowest BCUT2D eigenvalue weighted by molar-refractivity contribution is -0.118. The first kappa shape index (κ1) is 21.3. The first-order valence-electron chi connectivity index (χ1n) is 11.0. The third-order valence-electron chi connectivity index (χ3n) is 6.24. The first-order valence-corrected chi connectivity index (χ1v) is 11.0. The normalized spacial score (nSPS) is 18.2. The van der Waals surface area contributed by atoms with Crippen molar-refractivity contribution in [1.82, 2.24) is 15.3 Å². The standard InChI is InChI=1S/C24H30N4O3/c1-14-20-18(11-24(2,3)12-19(20)29)27-21(14)23(31)28-17(9-8-15-6-7-15)22(30)26-16-5-4-10-25-13-16/h4-5,10,13,15,17,27H,6-9,11-12H2,1-3H3,(H,26,30)(H,28,31). The van der Waals surface area contributed by atoms with Crippen molar-refractivity contribution < 1.29 is 14.4 Å². The van der Waals surface area contributed by atoms with Crippen LogP contribution in [0.15, 0.2) is 24.5 Å². The molecule has 4 rings (SSSR count). The number of fused-ring (bicyclic) bond motifs is 1. The Morgan fingerprint density at radius 2 is 2.06 bits per heavy atom. The highest BCUT2D eigenvalue weighted by atomic mass is 16.2. The largest absolute Gasteiger partial charge is 0.354 e. The van der Waals surface area contributed by atoms with Crippen molar-refractivity contribution in [2.45, 2.75) is 65.3 Å². The van der Waals surface area contributed by atoms with Crippen LogP contribution in [-0.2, 0) is 11.2 Å². The summed E-state index contributed by atoms with van der Waals surface area (Å²) in [7, 11) is 0. The maximum atomic E-state index is 13.1. The number of aromatic amines is 1. The van der Waals surface area contributed by atoms with Crippen molar-refractivity contribution in [2.75, 3.05) is 5.32 Å². The molecule has 2 aromatic rings. The summed E-state index contributed by atoms with van der Waals surface area (Å²) in [5, 5.41) is 5.75. The topological polar surface area (TPSA) is 104 Å². The van der Waals surface area contributed by atoms with E-state index < -0.39 is 6.04 Å². The van der Waals surface area contributed by atoms with Gasteiger partial charge in [-0.25, -0.2) is 0 Å². The molecule has 7 heteroatoms. The number of nitrogens with zero attached hydrogens (tertiary/aromatic N) is 1. The number of hydrogen-bond acceptors (Lipinski definition) is 4. The molecule has 2 aliphatic carbocycles. The smallest absolute Gasteiger partial charge is 0.268 e. The first-order chi connectivity index (χ1) is 14.7. The lowest BCUT2D eigenvalue weighted by Gasteiger charge is -2.28. The third kappa shape index (κ3) is 4.86. The van der Waals surface area contributed by atoms with Crippen molar-refractivity contribution in [3.05, 3.63) is 47.0 Å². The molecule has 0 aromatic carbocycles. The summed E-state index contributed by atoms with van der Waals surface area (Å²) in [6.07, 6.45) is 8.25. The van der Waals surface area contributed by atoms with Gasteiger partial charge in [0, 0.05) is 23.9 Å². The van der Waals surface area contributed by atoms with Crippen molar-refractivity contribution in [3.63, 3.8) is 0 Å². The van der Waals surface area contributed by atoms with Crippen LogP contribution in [0.1, 0.15) is 78.1 Å². The molecule has 1 fully saturated rings. The summed E-state index contributed by atoms with van der Waals surface area (Å²) in [6.45, 7) is 5.91. The molecule has 0 radical (unpaired) electrons. The Labute approximate surface area is 182 Å². The number of Topliss-reactive ketones (excluding diaryl/α,β-unsaturated/α-hetero) is 1. The number of carbonyl (C=O) groups excluding carboxylic acids is 3. The zero-order valence-corrected chi connectivity index (χ0v) is 18.4. The molecule has 0 bridgehead atoms. The predicted molar refractivity (Wildman–Crippen MR) is 118 cm³/mol. The highest BCUT2D eigenvalue weighted by molar-refractivity contribution is 6.06. The molecule has 31 heavy (non-hydrogen) atoms. The Bertz CT molecular complexity index is 1010. The molecule has 0 aliphatic heterocycles. The van der Waals surface area contributed by atoms with Crippen molar-refractivity contribution in [2.24, 2.45) is 11.3 Å². The summed E-state index contributed by atoms with van der Waals surface area (Å²) >= 11 is 0. The van der Waals surface area contributed by atoms with Gasteiger partial charge in [0.05, 0.1) is 11.9 Å². The van der Waals surface area contributed by atoms with Gasteiger partial charge in [-0.2, -0.15) is 0 Å². The molecule has 0 spiro atoms. The van der Waals surface area contributed by atoms with Crippen LogP contribution in [0.25, 0.3) is 0 Å². The Balaban J connectivity index is 1.52. The lowest BCUT2D eigenvalue weighted by atomic mass is 9.75. The number of aromatic nitrogens is 2.